The van der Waals surface area contributed by atoms with E-state index in [2.05, 4.69) is 4.98 Å². The minimum atomic E-state index is -5.19. The molecule has 0 bridgehead atoms. The second-order valence-electron chi connectivity index (χ2n) is 5.22. The number of aliphatic hydroxyl groups is 1. The first kappa shape index (κ1) is 18.9. The van der Waals surface area contributed by atoms with Crippen LogP contribution in [0.4, 0.5) is 13.2 Å². The fourth-order valence-electron chi connectivity index (χ4n) is 1.98. The molecule has 0 aliphatic carbocycles. The van der Waals surface area contributed by atoms with E-state index in [-0.39, 0.29) is 11.1 Å². The van der Waals surface area contributed by atoms with Gasteiger partial charge in [-0.1, -0.05) is 23.7 Å². The van der Waals surface area contributed by atoms with Crippen LogP contribution in [0.1, 0.15) is 22.3 Å². The molecule has 0 saturated carbocycles. The van der Waals surface area contributed by atoms with E-state index < -0.39 is 29.9 Å². The summed E-state index contributed by atoms with van der Waals surface area (Å²) in [5, 5.41) is 19.7. The van der Waals surface area contributed by atoms with Gasteiger partial charge in [-0.3, -0.25) is 9.78 Å². The lowest BCUT2D eigenvalue weighted by molar-refractivity contribution is -0.265. The van der Waals surface area contributed by atoms with Crippen molar-refractivity contribution in [3.63, 3.8) is 0 Å². The standard InChI is InChI=1S/C16H13ClF3N3O2/c17-12-5-3-10(4-6-12)13(21)8-15(25,16(18,19)20)23-14(24)11-2-1-7-22-9-11/h1-7,9,21,25H,8H2,(H,23,24). The molecule has 1 aromatic heterocycles. The SMILES string of the molecule is N=C(CC(O)(NC(=O)c1cccnc1)C(F)(F)F)c1ccc(Cl)cc1. The summed E-state index contributed by atoms with van der Waals surface area (Å²) < 4.78 is 40.0. The van der Waals surface area contributed by atoms with E-state index in [9.17, 15) is 23.1 Å². The number of nitrogens with zero attached hydrogens (tertiary/aromatic N) is 1. The number of hydrogen-bond acceptors (Lipinski definition) is 4. The number of carbonyl (C=O) groups excluding carboxylic acids is 1. The number of pyridine rings is 1. The molecule has 25 heavy (non-hydrogen) atoms. The Kier molecular flexibility index (Phi) is 5.44. The van der Waals surface area contributed by atoms with Crippen LogP contribution in [0, 0.1) is 5.41 Å². The van der Waals surface area contributed by atoms with Crippen LogP contribution in [0.25, 0.3) is 0 Å². The van der Waals surface area contributed by atoms with Crippen molar-refractivity contribution in [1.82, 2.24) is 10.3 Å². The summed E-state index contributed by atoms with van der Waals surface area (Å²) in [7, 11) is 0. The molecule has 2 aromatic rings. The van der Waals surface area contributed by atoms with Crippen molar-refractivity contribution >= 4 is 23.2 Å². The van der Waals surface area contributed by atoms with Crippen molar-refractivity contribution in [1.29, 1.82) is 5.41 Å². The van der Waals surface area contributed by atoms with E-state index in [0.717, 1.165) is 6.20 Å². The molecule has 0 fully saturated rings. The zero-order valence-corrected chi connectivity index (χ0v) is 13.4. The number of alkyl halides is 3. The molecule has 9 heteroatoms. The third-order valence-corrected chi connectivity index (χ3v) is 3.59. The van der Waals surface area contributed by atoms with Crippen molar-refractivity contribution in [3.8, 4) is 0 Å². The van der Waals surface area contributed by atoms with Gasteiger partial charge < -0.3 is 15.8 Å². The minimum absolute atomic E-state index is 0.141. The molecule has 0 spiro atoms. The molecule has 0 aliphatic heterocycles. The summed E-state index contributed by atoms with van der Waals surface area (Å²) in [5.41, 5.74) is -4.12. The number of amides is 1. The first-order chi connectivity index (χ1) is 11.6. The van der Waals surface area contributed by atoms with E-state index in [1.807, 2.05) is 0 Å². The molecule has 0 saturated heterocycles. The summed E-state index contributed by atoms with van der Waals surface area (Å²) in [5.74, 6) is -1.16. The third-order valence-electron chi connectivity index (χ3n) is 3.34. The molecule has 5 nitrogen and oxygen atoms in total. The molecular formula is C16H13ClF3N3O2. The van der Waals surface area contributed by atoms with Crippen molar-refractivity contribution in [3.05, 3.63) is 64.9 Å². The zero-order valence-electron chi connectivity index (χ0n) is 12.6. The zero-order chi connectivity index (χ0) is 18.7. The summed E-state index contributed by atoms with van der Waals surface area (Å²) in [4.78, 5) is 15.6. The fraction of sp³-hybridized carbons (Fsp3) is 0.188. The fourth-order valence-corrected chi connectivity index (χ4v) is 2.11. The second kappa shape index (κ2) is 7.20. The minimum Gasteiger partial charge on any atom is -0.363 e. The molecule has 1 heterocycles. The summed E-state index contributed by atoms with van der Waals surface area (Å²) in [6, 6.07) is 8.15. The van der Waals surface area contributed by atoms with Gasteiger partial charge in [0.05, 0.1) is 5.56 Å². The van der Waals surface area contributed by atoms with E-state index in [4.69, 9.17) is 17.0 Å². The van der Waals surface area contributed by atoms with Gasteiger partial charge in [0.25, 0.3) is 5.91 Å². The smallest absolute Gasteiger partial charge is 0.363 e. The van der Waals surface area contributed by atoms with Gasteiger partial charge in [0.2, 0.25) is 5.72 Å². The van der Waals surface area contributed by atoms with Gasteiger partial charge in [0.15, 0.2) is 0 Å². The van der Waals surface area contributed by atoms with Crippen molar-refractivity contribution < 1.29 is 23.1 Å². The predicted octanol–water partition coefficient (Wildman–Crippen LogP) is 3.17. The summed E-state index contributed by atoms with van der Waals surface area (Å²) >= 11 is 5.70. The maximum Gasteiger partial charge on any atom is 0.436 e. The van der Waals surface area contributed by atoms with Crippen molar-refractivity contribution in [2.24, 2.45) is 0 Å². The summed E-state index contributed by atoms with van der Waals surface area (Å²) in [6.07, 6.45) is -3.94. The topological polar surface area (TPSA) is 86.1 Å². The van der Waals surface area contributed by atoms with Crippen LogP contribution in [0.2, 0.25) is 5.02 Å². The number of carbonyl (C=O) groups is 1. The van der Waals surface area contributed by atoms with Crippen molar-refractivity contribution in [2.45, 2.75) is 18.3 Å². The number of halogens is 4. The Hall–Kier alpha value is -2.45. The maximum atomic E-state index is 13.3. The lowest BCUT2D eigenvalue weighted by atomic mass is 9.99. The normalized spacial score (nSPS) is 13.8. The highest BCUT2D eigenvalue weighted by Crippen LogP contribution is 2.32. The Morgan fingerprint density at radius 3 is 2.36 bits per heavy atom. The first-order valence-electron chi connectivity index (χ1n) is 6.97. The van der Waals surface area contributed by atoms with Crippen LogP contribution in [-0.4, -0.2) is 33.6 Å². The molecular weight excluding hydrogens is 359 g/mol. The van der Waals surface area contributed by atoms with E-state index >= 15 is 0 Å². The van der Waals surface area contributed by atoms with Crippen LogP contribution in [0.15, 0.2) is 48.8 Å². The lowest BCUT2D eigenvalue weighted by Crippen LogP contribution is -2.59. The highest BCUT2D eigenvalue weighted by molar-refractivity contribution is 6.30. The molecule has 0 aliphatic rings. The lowest BCUT2D eigenvalue weighted by Gasteiger charge is -2.31. The van der Waals surface area contributed by atoms with Gasteiger partial charge in [-0.2, -0.15) is 13.2 Å². The van der Waals surface area contributed by atoms with Gasteiger partial charge in [0, 0.05) is 29.5 Å². The molecule has 1 atom stereocenters. The Labute approximate surface area is 146 Å². The number of aromatic nitrogens is 1. The van der Waals surface area contributed by atoms with Crippen LogP contribution in [0.3, 0.4) is 0 Å². The number of hydrogen-bond donors (Lipinski definition) is 3. The maximum absolute atomic E-state index is 13.3. The Morgan fingerprint density at radius 1 is 1.20 bits per heavy atom. The van der Waals surface area contributed by atoms with Crippen LogP contribution in [-0.2, 0) is 0 Å². The van der Waals surface area contributed by atoms with Crippen molar-refractivity contribution in [2.75, 3.05) is 0 Å². The number of rotatable bonds is 5. The van der Waals surface area contributed by atoms with Crippen LogP contribution in [0.5, 0.6) is 0 Å². The van der Waals surface area contributed by atoms with Gasteiger partial charge in [-0.25, -0.2) is 0 Å². The monoisotopic (exact) mass is 371 g/mol. The molecule has 3 N–H and O–H groups in total. The first-order valence-corrected chi connectivity index (χ1v) is 7.35. The van der Waals surface area contributed by atoms with Gasteiger partial charge in [-0.05, 0) is 29.8 Å². The van der Waals surface area contributed by atoms with E-state index in [0.29, 0.717) is 5.02 Å². The van der Waals surface area contributed by atoms with E-state index in [1.165, 1.54) is 42.6 Å². The molecule has 2 rings (SSSR count). The largest absolute Gasteiger partial charge is 0.436 e. The third kappa shape index (κ3) is 4.55. The molecule has 1 aromatic carbocycles. The highest BCUT2D eigenvalue weighted by Gasteiger charge is 2.55. The average Bonchev–Trinajstić information content (AvgIpc) is 2.55. The quantitative estimate of drug-likeness (QED) is 0.557. The number of benzene rings is 1. The van der Waals surface area contributed by atoms with Crippen LogP contribution >= 0.6 is 11.6 Å². The Bertz CT molecular complexity index is 766. The van der Waals surface area contributed by atoms with Gasteiger partial charge in [0.1, 0.15) is 0 Å². The molecule has 1 amide bonds. The van der Waals surface area contributed by atoms with Crippen LogP contribution < -0.4 is 5.32 Å². The molecule has 132 valence electrons. The summed E-state index contributed by atoms with van der Waals surface area (Å²) in [6.45, 7) is 0. The highest BCUT2D eigenvalue weighted by atomic mass is 35.5. The number of nitrogens with one attached hydrogen (secondary N) is 2. The van der Waals surface area contributed by atoms with Gasteiger partial charge >= 0.3 is 6.18 Å². The Morgan fingerprint density at radius 2 is 1.84 bits per heavy atom. The second-order valence-corrected chi connectivity index (χ2v) is 5.65. The van der Waals surface area contributed by atoms with E-state index in [1.54, 1.807) is 5.32 Å². The average molecular weight is 372 g/mol. The van der Waals surface area contributed by atoms with Gasteiger partial charge in [-0.15, -0.1) is 0 Å². The predicted molar refractivity (Wildman–Crippen MR) is 85.6 cm³/mol. The molecule has 1 unspecified atom stereocenters. The Balaban J connectivity index is 2.24. The molecule has 0 radical (unpaired) electrons.